The summed E-state index contributed by atoms with van der Waals surface area (Å²) in [6.45, 7) is 1.60. The lowest BCUT2D eigenvalue weighted by molar-refractivity contribution is -0.117. The van der Waals surface area contributed by atoms with Crippen LogP contribution in [-0.2, 0) is 4.79 Å². The van der Waals surface area contributed by atoms with Gasteiger partial charge in [-0.1, -0.05) is 11.6 Å². The summed E-state index contributed by atoms with van der Waals surface area (Å²) in [5.74, 6) is 0.268. The van der Waals surface area contributed by atoms with Gasteiger partial charge in [0.15, 0.2) is 0 Å². The van der Waals surface area contributed by atoms with Gasteiger partial charge in [0.2, 0.25) is 5.91 Å². The summed E-state index contributed by atoms with van der Waals surface area (Å²) >= 11 is 5.80. The SMILES string of the molecule is COc1ccc(Cl)cc1NC(=O)[C@@H](C)N.Cl. The number of carbonyl (C=O) groups is 1. The molecule has 0 aromatic heterocycles. The Kier molecular flexibility index (Phi) is 6.18. The molecule has 1 aromatic carbocycles. The second-order valence-electron chi connectivity index (χ2n) is 3.12. The molecule has 0 heterocycles. The van der Waals surface area contributed by atoms with E-state index in [2.05, 4.69) is 5.32 Å². The number of amides is 1. The van der Waals surface area contributed by atoms with Crippen molar-refractivity contribution in [2.24, 2.45) is 5.73 Å². The molecule has 16 heavy (non-hydrogen) atoms. The molecule has 4 nitrogen and oxygen atoms in total. The third kappa shape index (κ3) is 3.89. The van der Waals surface area contributed by atoms with Crippen LogP contribution >= 0.6 is 24.0 Å². The van der Waals surface area contributed by atoms with Crippen molar-refractivity contribution in [2.75, 3.05) is 12.4 Å². The molecule has 0 saturated heterocycles. The Bertz CT molecular complexity index is 370. The van der Waals surface area contributed by atoms with Gasteiger partial charge in [0, 0.05) is 5.02 Å². The van der Waals surface area contributed by atoms with Crippen molar-refractivity contribution in [1.29, 1.82) is 0 Å². The number of anilines is 1. The molecule has 0 spiro atoms. The van der Waals surface area contributed by atoms with Crippen LogP contribution in [0.2, 0.25) is 5.02 Å². The number of ether oxygens (including phenoxy) is 1. The molecule has 6 heteroatoms. The summed E-state index contributed by atoms with van der Waals surface area (Å²) < 4.78 is 5.07. The summed E-state index contributed by atoms with van der Waals surface area (Å²) in [7, 11) is 1.52. The molecule has 0 aliphatic carbocycles. The molecular weight excluding hydrogens is 251 g/mol. The van der Waals surface area contributed by atoms with E-state index >= 15 is 0 Å². The van der Waals surface area contributed by atoms with Crippen LogP contribution in [0.3, 0.4) is 0 Å². The maximum Gasteiger partial charge on any atom is 0.241 e. The van der Waals surface area contributed by atoms with E-state index in [1.807, 2.05) is 0 Å². The van der Waals surface area contributed by atoms with Crippen LogP contribution in [0.5, 0.6) is 5.75 Å². The molecule has 0 radical (unpaired) electrons. The first-order chi connectivity index (χ1) is 7.04. The normalized spacial score (nSPS) is 11.2. The molecule has 1 amide bonds. The summed E-state index contributed by atoms with van der Waals surface area (Å²) in [5, 5.41) is 3.15. The highest BCUT2D eigenvalue weighted by Gasteiger charge is 2.11. The van der Waals surface area contributed by atoms with Crippen molar-refractivity contribution in [1.82, 2.24) is 0 Å². The lowest BCUT2D eigenvalue weighted by Crippen LogP contribution is -2.32. The first-order valence-corrected chi connectivity index (χ1v) is 4.82. The Hall–Kier alpha value is -0.970. The van der Waals surface area contributed by atoms with Gasteiger partial charge in [0.1, 0.15) is 5.75 Å². The van der Waals surface area contributed by atoms with Crippen molar-refractivity contribution in [3.63, 3.8) is 0 Å². The second-order valence-corrected chi connectivity index (χ2v) is 3.56. The first kappa shape index (κ1) is 15.0. The van der Waals surface area contributed by atoms with Crippen molar-refractivity contribution in [2.45, 2.75) is 13.0 Å². The van der Waals surface area contributed by atoms with E-state index in [0.29, 0.717) is 16.5 Å². The first-order valence-electron chi connectivity index (χ1n) is 4.44. The summed E-state index contributed by atoms with van der Waals surface area (Å²) in [5.41, 5.74) is 5.95. The van der Waals surface area contributed by atoms with Crippen molar-refractivity contribution >= 4 is 35.6 Å². The fourth-order valence-corrected chi connectivity index (χ4v) is 1.20. The zero-order valence-corrected chi connectivity index (χ0v) is 10.6. The molecule has 0 saturated carbocycles. The lowest BCUT2D eigenvalue weighted by atomic mass is 10.2. The Balaban J connectivity index is 0.00000225. The number of nitrogens with two attached hydrogens (primary N) is 1. The van der Waals surface area contributed by atoms with Gasteiger partial charge in [-0.15, -0.1) is 12.4 Å². The highest BCUT2D eigenvalue weighted by Crippen LogP contribution is 2.27. The predicted molar refractivity (Wildman–Crippen MR) is 67.5 cm³/mol. The minimum atomic E-state index is -0.575. The molecular formula is C10H14Cl2N2O2. The number of carbonyl (C=O) groups excluding carboxylic acids is 1. The number of hydrogen-bond donors (Lipinski definition) is 2. The second kappa shape index (κ2) is 6.58. The standard InChI is InChI=1S/C10H13ClN2O2.ClH/c1-6(12)10(14)13-8-5-7(11)3-4-9(8)15-2;/h3-6H,12H2,1-2H3,(H,13,14);1H/t6-;/m1./s1. The summed E-state index contributed by atoms with van der Waals surface area (Å²) in [6, 6.07) is 4.40. The van der Waals surface area contributed by atoms with Gasteiger partial charge in [-0.2, -0.15) is 0 Å². The molecule has 0 aliphatic heterocycles. The number of benzene rings is 1. The quantitative estimate of drug-likeness (QED) is 0.879. The largest absolute Gasteiger partial charge is 0.495 e. The number of nitrogens with one attached hydrogen (secondary N) is 1. The van der Waals surface area contributed by atoms with Gasteiger partial charge in [0.25, 0.3) is 0 Å². The molecule has 0 aliphatic rings. The average Bonchev–Trinajstić information content (AvgIpc) is 2.18. The molecule has 1 atom stereocenters. The van der Waals surface area contributed by atoms with E-state index in [1.54, 1.807) is 25.1 Å². The molecule has 0 fully saturated rings. The zero-order valence-electron chi connectivity index (χ0n) is 8.99. The molecule has 0 unspecified atom stereocenters. The molecule has 90 valence electrons. The predicted octanol–water partition coefficient (Wildman–Crippen LogP) is 2.06. The van der Waals surface area contributed by atoms with Crippen LogP contribution in [-0.4, -0.2) is 19.1 Å². The molecule has 1 aromatic rings. The topological polar surface area (TPSA) is 64.3 Å². The van der Waals surface area contributed by atoms with Crippen LogP contribution in [0.1, 0.15) is 6.92 Å². The zero-order chi connectivity index (χ0) is 11.4. The Morgan fingerprint density at radius 1 is 1.56 bits per heavy atom. The highest BCUT2D eigenvalue weighted by atomic mass is 35.5. The smallest absolute Gasteiger partial charge is 0.241 e. The van der Waals surface area contributed by atoms with E-state index < -0.39 is 6.04 Å². The van der Waals surface area contributed by atoms with Crippen molar-refractivity contribution in [3.05, 3.63) is 23.2 Å². The maximum atomic E-state index is 11.4. The highest BCUT2D eigenvalue weighted by molar-refractivity contribution is 6.31. The van der Waals surface area contributed by atoms with Crippen LogP contribution in [0.4, 0.5) is 5.69 Å². The van der Waals surface area contributed by atoms with Crippen LogP contribution < -0.4 is 15.8 Å². The summed E-state index contributed by atoms with van der Waals surface area (Å²) in [4.78, 5) is 11.4. The van der Waals surface area contributed by atoms with Gasteiger partial charge in [-0.3, -0.25) is 4.79 Å². The Morgan fingerprint density at radius 2 is 2.19 bits per heavy atom. The maximum absolute atomic E-state index is 11.4. The van der Waals surface area contributed by atoms with Crippen LogP contribution in [0, 0.1) is 0 Å². The van der Waals surface area contributed by atoms with Crippen LogP contribution in [0.25, 0.3) is 0 Å². The minimum Gasteiger partial charge on any atom is -0.495 e. The number of halogens is 2. The Morgan fingerprint density at radius 3 is 2.69 bits per heavy atom. The lowest BCUT2D eigenvalue weighted by Gasteiger charge is -2.11. The van der Waals surface area contributed by atoms with Gasteiger partial charge in [-0.05, 0) is 25.1 Å². The third-order valence-corrected chi connectivity index (χ3v) is 2.07. The number of methoxy groups -OCH3 is 1. The fourth-order valence-electron chi connectivity index (χ4n) is 1.02. The van der Waals surface area contributed by atoms with Gasteiger partial charge < -0.3 is 15.8 Å². The van der Waals surface area contributed by atoms with E-state index in [4.69, 9.17) is 22.1 Å². The molecule has 3 N–H and O–H groups in total. The minimum absolute atomic E-state index is 0. The van der Waals surface area contributed by atoms with Crippen molar-refractivity contribution in [3.8, 4) is 5.75 Å². The van der Waals surface area contributed by atoms with E-state index in [-0.39, 0.29) is 18.3 Å². The number of rotatable bonds is 3. The van der Waals surface area contributed by atoms with Gasteiger partial charge in [0.05, 0.1) is 18.8 Å². The van der Waals surface area contributed by atoms with E-state index in [9.17, 15) is 4.79 Å². The fraction of sp³-hybridized carbons (Fsp3) is 0.300. The average molecular weight is 265 g/mol. The number of hydrogen-bond acceptors (Lipinski definition) is 3. The van der Waals surface area contributed by atoms with Gasteiger partial charge >= 0.3 is 0 Å². The monoisotopic (exact) mass is 264 g/mol. The Labute approximate surface area is 106 Å². The van der Waals surface area contributed by atoms with Crippen molar-refractivity contribution < 1.29 is 9.53 Å². The van der Waals surface area contributed by atoms with E-state index in [0.717, 1.165) is 0 Å². The summed E-state index contributed by atoms with van der Waals surface area (Å²) in [6.07, 6.45) is 0. The van der Waals surface area contributed by atoms with Crippen LogP contribution in [0.15, 0.2) is 18.2 Å². The van der Waals surface area contributed by atoms with Gasteiger partial charge in [-0.25, -0.2) is 0 Å². The molecule has 1 rings (SSSR count). The van der Waals surface area contributed by atoms with E-state index in [1.165, 1.54) is 7.11 Å². The third-order valence-electron chi connectivity index (χ3n) is 1.83. The molecule has 0 bridgehead atoms.